The highest BCUT2D eigenvalue weighted by Crippen LogP contribution is 2.72. The maximum Gasteiger partial charge on any atom is 0.309 e. The van der Waals surface area contributed by atoms with Gasteiger partial charge in [-0.3, -0.25) is 9.59 Å². The van der Waals surface area contributed by atoms with Gasteiger partial charge in [0.25, 0.3) is 0 Å². The van der Waals surface area contributed by atoms with Crippen LogP contribution in [0, 0.1) is 33.5 Å². The number of aliphatic hydroxyl groups excluding tert-OH is 2. The zero-order chi connectivity index (χ0) is 18.4. The van der Waals surface area contributed by atoms with Crippen LogP contribution in [0.1, 0.15) is 65.7 Å². The number of carbonyl (C=O) groups excluding carboxylic acids is 1. The van der Waals surface area contributed by atoms with Crippen molar-refractivity contribution in [3.63, 3.8) is 0 Å². The minimum absolute atomic E-state index is 0.0243. The molecular weight excluding hydrogens is 320 g/mol. The van der Waals surface area contributed by atoms with Crippen LogP contribution in [0.3, 0.4) is 0 Å². The van der Waals surface area contributed by atoms with Crippen molar-refractivity contribution in [3.8, 4) is 0 Å². The highest BCUT2D eigenvalue weighted by Gasteiger charge is 2.73. The molecule has 4 rings (SSSR count). The van der Waals surface area contributed by atoms with E-state index in [0.29, 0.717) is 19.3 Å². The number of hydrogen-bond acceptors (Lipinski definition) is 4. The van der Waals surface area contributed by atoms with E-state index in [4.69, 9.17) is 0 Å². The van der Waals surface area contributed by atoms with E-state index in [2.05, 4.69) is 6.92 Å². The number of aliphatic carboxylic acids is 1. The van der Waals surface area contributed by atoms with Gasteiger partial charge in [0.2, 0.25) is 0 Å². The Bertz CT molecular complexity index is 646. The van der Waals surface area contributed by atoms with E-state index >= 15 is 0 Å². The molecule has 0 aromatic rings. The molecule has 3 N–H and O–H groups in total. The summed E-state index contributed by atoms with van der Waals surface area (Å²) in [5, 5.41) is 31.8. The minimum atomic E-state index is -1.05. The zero-order valence-corrected chi connectivity index (χ0v) is 15.4. The summed E-state index contributed by atoms with van der Waals surface area (Å²) in [5.41, 5.74) is -2.25. The number of rotatable bonds is 1. The fourth-order valence-corrected chi connectivity index (χ4v) is 7.87. The fraction of sp³-hybridized carbons (Fsp3) is 0.900. The second kappa shape index (κ2) is 4.86. The Morgan fingerprint density at radius 3 is 2.44 bits per heavy atom. The molecular formula is C20H30O5. The minimum Gasteiger partial charge on any atom is -0.481 e. The lowest BCUT2D eigenvalue weighted by Crippen LogP contribution is -2.65. The largest absolute Gasteiger partial charge is 0.481 e. The highest BCUT2D eigenvalue weighted by atomic mass is 16.4. The van der Waals surface area contributed by atoms with Crippen LogP contribution in [0.2, 0.25) is 0 Å². The molecule has 4 aliphatic carbocycles. The van der Waals surface area contributed by atoms with Crippen molar-refractivity contribution in [3.05, 3.63) is 0 Å². The first-order chi connectivity index (χ1) is 11.5. The van der Waals surface area contributed by atoms with Crippen molar-refractivity contribution in [2.24, 2.45) is 33.5 Å². The second-order valence-electron chi connectivity index (χ2n) is 10.1. The molecule has 8 atom stereocenters. The Labute approximate surface area is 148 Å². The van der Waals surface area contributed by atoms with Crippen molar-refractivity contribution < 1.29 is 24.9 Å². The molecule has 0 unspecified atom stereocenters. The summed E-state index contributed by atoms with van der Waals surface area (Å²) in [6.07, 6.45) is 2.98. The number of fused-ring (bicyclic) bond motifs is 3. The molecule has 2 bridgehead atoms. The third kappa shape index (κ3) is 1.86. The molecule has 4 saturated carbocycles. The first-order valence-corrected chi connectivity index (χ1v) is 9.64. The van der Waals surface area contributed by atoms with Crippen molar-refractivity contribution >= 4 is 11.8 Å². The SMILES string of the molecule is C[C@@]12CCC[C@@](C)(C(=O)O)[C@H]1CC[C@]13CC(=O)[C@](C)(C1)[C@H](O)[C@H](O)[C@H]32. The van der Waals surface area contributed by atoms with Gasteiger partial charge in [-0.15, -0.1) is 0 Å². The Morgan fingerprint density at radius 2 is 1.80 bits per heavy atom. The Morgan fingerprint density at radius 1 is 1.12 bits per heavy atom. The summed E-state index contributed by atoms with van der Waals surface area (Å²) in [6, 6.07) is 0. The zero-order valence-electron chi connectivity index (χ0n) is 15.4. The number of hydrogen-bond donors (Lipinski definition) is 3. The summed E-state index contributed by atoms with van der Waals surface area (Å²) >= 11 is 0. The topological polar surface area (TPSA) is 94.8 Å². The van der Waals surface area contributed by atoms with E-state index in [0.717, 1.165) is 25.7 Å². The molecule has 4 aliphatic rings. The summed E-state index contributed by atoms with van der Waals surface area (Å²) in [4.78, 5) is 24.8. The van der Waals surface area contributed by atoms with Gasteiger partial charge in [-0.05, 0) is 61.7 Å². The van der Waals surface area contributed by atoms with Gasteiger partial charge in [0.1, 0.15) is 5.78 Å². The lowest BCUT2D eigenvalue weighted by atomic mass is 9.39. The van der Waals surface area contributed by atoms with Gasteiger partial charge in [-0.25, -0.2) is 0 Å². The molecule has 0 aromatic carbocycles. The lowest BCUT2D eigenvalue weighted by molar-refractivity contribution is -0.229. The number of carboxylic acid groups (broad SMARTS) is 1. The van der Waals surface area contributed by atoms with Crippen molar-refractivity contribution in [2.45, 2.75) is 77.9 Å². The van der Waals surface area contributed by atoms with Crippen molar-refractivity contribution in [1.29, 1.82) is 0 Å². The van der Waals surface area contributed by atoms with Crippen LogP contribution in [0.25, 0.3) is 0 Å². The van der Waals surface area contributed by atoms with Crippen molar-refractivity contribution in [1.82, 2.24) is 0 Å². The number of Topliss-reactive ketones (excluding diaryl/α,β-unsaturated/α-hetero) is 1. The first-order valence-electron chi connectivity index (χ1n) is 9.64. The fourth-order valence-electron chi connectivity index (χ4n) is 7.87. The molecule has 4 fully saturated rings. The molecule has 1 spiro atoms. The lowest BCUT2D eigenvalue weighted by Gasteiger charge is -2.65. The van der Waals surface area contributed by atoms with Crippen LogP contribution in [-0.2, 0) is 9.59 Å². The van der Waals surface area contributed by atoms with Gasteiger partial charge in [0, 0.05) is 6.42 Å². The predicted molar refractivity (Wildman–Crippen MR) is 90.7 cm³/mol. The van der Waals surface area contributed by atoms with Crippen LogP contribution in [0.5, 0.6) is 0 Å². The van der Waals surface area contributed by atoms with Gasteiger partial charge >= 0.3 is 5.97 Å². The molecule has 0 aromatic heterocycles. The van der Waals surface area contributed by atoms with Gasteiger partial charge in [0.15, 0.2) is 0 Å². The molecule has 0 heterocycles. The third-order valence-corrected chi connectivity index (χ3v) is 8.95. The van der Waals surface area contributed by atoms with Crippen LogP contribution in [0.15, 0.2) is 0 Å². The molecule has 25 heavy (non-hydrogen) atoms. The summed E-state index contributed by atoms with van der Waals surface area (Å²) in [7, 11) is 0. The quantitative estimate of drug-likeness (QED) is 0.675. The predicted octanol–water partition coefficient (Wildman–Crippen LogP) is 2.38. The number of carboxylic acids is 1. The summed E-state index contributed by atoms with van der Waals surface area (Å²) < 4.78 is 0. The molecule has 0 saturated heterocycles. The van der Waals surface area contributed by atoms with Gasteiger partial charge in [-0.1, -0.05) is 20.3 Å². The van der Waals surface area contributed by atoms with E-state index in [-0.39, 0.29) is 28.4 Å². The second-order valence-corrected chi connectivity index (χ2v) is 10.1. The highest BCUT2D eigenvalue weighted by molar-refractivity contribution is 5.89. The standard InChI is InChI=1S/C20H30O5/c1-17-6-4-7-18(2,16(24)25)11(17)5-8-20-9-12(21)19(3,10-20)15(23)13(22)14(17)20/h11,13-15,22-23H,4-10H2,1-3H3,(H,24,25)/t11-,13+,14-,15+,17+,18+,19-,20-/m0/s1. The normalized spacial score (nSPS) is 57.7. The maximum absolute atomic E-state index is 12.7. The van der Waals surface area contributed by atoms with Crippen molar-refractivity contribution in [2.75, 3.05) is 0 Å². The smallest absolute Gasteiger partial charge is 0.309 e. The third-order valence-electron chi connectivity index (χ3n) is 8.95. The van der Waals surface area contributed by atoms with Gasteiger partial charge in [-0.2, -0.15) is 0 Å². The van der Waals surface area contributed by atoms with E-state index in [9.17, 15) is 24.9 Å². The maximum atomic E-state index is 12.7. The number of aliphatic hydroxyl groups is 2. The van der Waals surface area contributed by atoms with Crippen LogP contribution in [-0.4, -0.2) is 39.3 Å². The molecule has 0 amide bonds. The first kappa shape index (κ1) is 17.5. The van der Waals surface area contributed by atoms with Crippen LogP contribution < -0.4 is 0 Å². The molecule has 0 aliphatic heterocycles. The summed E-state index contributed by atoms with van der Waals surface area (Å²) in [5.74, 6) is -0.908. The molecule has 0 radical (unpaired) electrons. The van der Waals surface area contributed by atoms with E-state index in [1.54, 1.807) is 6.92 Å². The Balaban J connectivity index is 1.83. The number of carbonyl (C=O) groups is 2. The van der Waals surface area contributed by atoms with Crippen LogP contribution >= 0.6 is 0 Å². The molecule has 140 valence electrons. The van der Waals surface area contributed by atoms with E-state index in [1.807, 2.05) is 6.92 Å². The number of ketones is 1. The van der Waals surface area contributed by atoms with E-state index < -0.39 is 29.0 Å². The van der Waals surface area contributed by atoms with Gasteiger partial charge in [0.05, 0.1) is 23.0 Å². The molecule has 5 heteroatoms. The Kier molecular flexibility index (Phi) is 3.40. The van der Waals surface area contributed by atoms with Crippen LogP contribution in [0.4, 0.5) is 0 Å². The summed E-state index contributed by atoms with van der Waals surface area (Å²) in [6.45, 7) is 5.76. The van der Waals surface area contributed by atoms with Gasteiger partial charge < -0.3 is 15.3 Å². The van der Waals surface area contributed by atoms with E-state index in [1.165, 1.54) is 0 Å². The average molecular weight is 350 g/mol. The monoisotopic (exact) mass is 350 g/mol. The Hall–Kier alpha value is -0.940. The average Bonchev–Trinajstić information content (AvgIpc) is 2.74. The molecule has 5 nitrogen and oxygen atoms in total.